The van der Waals surface area contributed by atoms with E-state index in [9.17, 15) is 14.9 Å². The van der Waals surface area contributed by atoms with Crippen LogP contribution in [0.4, 0.5) is 11.4 Å². The summed E-state index contributed by atoms with van der Waals surface area (Å²) in [5.41, 5.74) is 2.01. The lowest BCUT2D eigenvalue weighted by atomic mass is 9.95. The van der Waals surface area contributed by atoms with Gasteiger partial charge in [-0.25, -0.2) is 0 Å². The van der Waals surface area contributed by atoms with E-state index >= 15 is 0 Å². The molecule has 3 rings (SSSR count). The Hall–Kier alpha value is -2.61. The smallest absolute Gasteiger partial charge is 0.270 e. The van der Waals surface area contributed by atoms with Crippen molar-refractivity contribution in [1.29, 1.82) is 0 Å². The second-order valence-corrected chi connectivity index (χ2v) is 7.57. The first-order chi connectivity index (χ1) is 13.5. The second kappa shape index (κ2) is 9.05. The van der Waals surface area contributed by atoms with Crippen molar-refractivity contribution in [2.75, 3.05) is 25.1 Å². The number of non-ortho nitro benzene ring substituents is 1. The standard InChI is InChI=1S/C20H22BrN3O4/c1-28-17-5-2-14(3-6-17)13-22-20(25)15-8-10-23(11-9-15)19-7-4-16(24(26)27)12-18(19)21/h2-7,12,15H,8-11,13H2,1H3,(H,22,25). The van der Waals surface area contributed by atoms with E-state index in [1.54, 1.807) is 13.2 Å². The predicted molar refractivity (Wildman–Crippen MR) is 111 cm³/mol. The zero-order chi connectivity index (χ0) is 20.1. The number of nitrogens with zero attached hydrogens (tertiary/aromatic N) is 2. The van der Waals surface area contributed by atoms with Crippen molar-refractivity contribution in [1.82, 2.24) is 5.32 Å². The summed E-state index contributed by atoms with van der Waals surface area (Å²) in [5, 5.41) is 13.9. The van der Waals surface area contributed by atoms with Gasteiger partial charge in [0.1, 0.15) is 5.75 Å². The first-order valence-corrected chi connectivity index (χ1v) is 9.86. The van der Waals surface area contributed by atoms with E-state index in [0.29, 0.717) is 11.0 Å². The minimum absolute atomic E-state index is 0.0219. The van der Waals surface area contributed by atoms with E-state index in [1.807, 2.05) is 24.3 Å². The van der Waals surface area contributed by atoms with Crippen LogP contribution in [0.25, 0.3) is 0 Å². The number of carbonyl (C=O) groups excluding carboxylic acids is 1. The van der Waals surface area contributed by atoms with Crippen LogP contribution in [0.2, 0.25) is 0 Å². The van der Waals surface area contributed by atoms with Gasteiger partial charge in [0.2, 0.25) is 5.91 Å². The molecule has 0 spiro atoms. The normalized spacial score (nSPS) is 14.6. The van der Waals surface area contributed by atoms with Crippen molar-refractivity contribution in [2.24, 2.45) is 5.92 Å². The number of methoxy groups -OCH3 is 1. The Labute approximate surface area is 172 Å². The number of rotatable bonds is 6. The van der Waals surface area contributed by atoms with Gasteiger partial charge in [0.05, 0.1) is 17.7 Å². The van der Waals surface area contributed by atoms with E-state index in [-0.39, 0.29) is 17.5 Å². The van der Waals surface area contributed by atoms with E-state index in [1.165, 1.54) is 12.1 Å². The fraction of sp³-hybridized carbons (Fsp3) is 0.350. The molecule has 2 aromatic rings. The van der Waals surface area contributed by atoms with Gasteiger partial charge in [0, 0.05) is 42.2 Å². The Morgan fingerprint density at radius 2 is 1.93 bits per heavy atom. The molecule has 0 aliphatic carbocycles. The molecule has 0 bridgehead atoms. The summed E-state index contributed by atoms with van der Waals surface area (Å²) in [5.74, 6) is 0.837. The van der Waals surface area contributed by atoms with Crippen LogP contribution >= 0.6 is 15.9 Å². The predicted octanol–water partition coefficient (Wildman–Crippen LogP) is 3.90. The number of piperidine rings is 1. The molecule has 28 heavy (non-hydrogen) atoms. The van der Waals surface area contributed by atoms with E-state index in [0.717, 1.165) is 42.9 Å². The number of amides is 1. The zero-order valence-electron chi connectivity index (χ0n) is 15.6. The minimum Gasteiger partial charge on any atom is -0.497 e. The minimum atomic E-state index is -0.409. The molecule has 1 N–H and O–H groups in total. The first kappa shape index (κ1) is 20.1. The van der Waals surface area contributed by atoms with Gasteiger partial charge in [-0.15, -0.1) is 0 Å². The van der Waals surface area contributed by atoms with Crippen molar-refractivity contribution in [3.05, 3.63) is 62.6 Å². The molecule has 1 amide bonds. The molecule has 0 atom stereocenters. The molecule has 1 aliphatic heterocycles. The van der Waals surface area contributed by atoms with Gasteiger partial charge in [-0.3, -0.25) is 14.9 Å². The molecule has 7 nitrogen and oxygen atoms in total. The van der Waals surface area contributed by atoms with E-state index < -0.39 is 4.92 Å². The van der Waals surface area contributed by atoms with Gasteiger partial charge in [-0.05, 0) is 52.5 Å². The number of anilines is 1. The van der Waals surface area contributed by atoms with Crippen LogP contribution in [0, 0.1) is 16.0 Å². The van der Waals surface area contributed by atoms with Crippen LogP contribution in [-0.4, -0.2) is 31.0 Å². The average Bonchev–Trinajstić information content (AvgIpc) is 2.72. The first-order valence-electron chi connectivity index (χ1n) is 9.07. The van der Waals surface area contributed by atoms with E-state index in [4.69, 9.17) is 4.74 Å². The molecule has 0 aromatic heterocycles. The number of nitrogens with one attached hydrogen (secondary N) is 1. The number of carbonyl (C=O) groups is 1. The van der Waals surface area contributed by atoms with Crippen LogP contribution in [-0.2, 0) is 11.3 Å². The Balaban J connectivity index is 1.51. The average molecular weight is 448 g/mol. The number of hydrogen-bond acceptors (Lipinski definition) is 5. The lowest BCUT2D eigenvalue weighted by Gasteiger charge is -2.33. The quantitative estimate of drug-likeness (QED) is 0.535. The van der Waals surface area contributed by atoms with Crippen molar-refractivity contribution >= 4 is 33.2 Å². The summed E-state index contributed by atoms with van der Waals surface area (Å²) >= 11 is 3.42. The van der Waals surface area contributed by atoms with Gasteiger partial charge in [-0.1, -0.05) is 12.1 Å². The maximum absolute atomic E-state index is 12.5. The van der Waals surface area contributed by atoms with Gasteiger partial charge in [0.25, 0.3) is 5.69 Å². The highest BCUT2D eigenvalue weighted by molar-refractivity contribution is 9.10. The molecule has 0 unspecified atom stereocenters. The molecule has 1 aliphatic rings. The highest BCUT2D eigenvalue weighted by Gasteiger charge is 2.26. The van der Waals surface area contributed by atoms with Crippen LogP contribution in [0.5, 0.6) is 5.75 Å². The number of benzene rings is 2. The van der Waals surface area contributed by atoms with Crippen molar-refractivity contribution in [3.8, 4) is 5.75 Å². The summed E-state index contributed by atoms with van der Waals surface area (Å²) < 4.78 is 5.83. The Kier molecular flexibility index (Phi) is 6.51. The maximum atomic E-state index is 12.5. The highest BCUT2D eigenvalue weighted by atomic mass is 79.9. The summed E-state index contributed by atoms with van der Waals surface area (Å²) in [6.45, 7) is 1.96. The fourth-order valence-electron chi connectivity index (χ4n) is 3.33. The summed E-state index contributed by atoms with van der Waals surface area (Å²) in [6.07, 6.45) is 1.50. The molecule has 148 valence electrons. The Bertz CT molecular complexity index is 849. The van der Waals surface area contributed by atoms with Gasteiger partial charge in [-0.2, -0.15) is 0 Å². The third-order valence-corrected chi connectivity index (χ3v) is 5.61. The molecule has 0 saturated carbocycles. The molecule has 2 aromatic carbocycles. The Morgan fingerprint density at radius 3 is 2.50 bits per heavy atom. The number of nitro benzene ring substituents is 1. The van der Waals surface area contributed by atoms with Crippen molar-refractivity contribution < 1.29 is 14.5 Å². The van der Waals surface area contributed by atoms with Gasteiger partial charge in [0.15, 0.2) is 0 Å². The largest absolute Gasteiger partial charge is 0.497 e. The number of hydrogen-bond donors (Lipinski definition) is 1. The fourth-order valence-corrected chi connectivity index (χ4v) is 3.94. The molecular formula is C20H22BrN3O4. The molecule has 0 radical (unpaired) electrons. The van der Waals surface area contributed by atoms with Crippen LogP contribution < -0.4 is 15.0 Å². The third-order valence-electron chi connectivity index (χ3n) is 4.97. The topological polar surface area (TPSA) is 84.7 Å². The van der Waals surface area contributed by atoms with Crippen molar-refractivity contribution in [3.63, 3.8) is 0 Å². The molecule has 1 heterocycles. The number of halogens is 1. The molecular weight excluding hydrogens is 426 g/mol. The maximum Gasteiger partial charge on any atom is 0.270 e. The second-order valence-electron chi connectivity index (χ2n) is 6.72. The molecule has 1 saturated heterocycles. The monoisotopic (exact) mass is 447 g/mol. The molecule has 8 heteroatoms. The summed E-state index contributed by atoms with van der Waals surface area (Å²) in [7, 11) is 1.62. The lowest BCUT2D eigenvalue weighted by molar-refractivity contribution is -0.384. The number of ether oxygens (including phenoxy) is 1. The van der Waals surface area contributed by atoms with Crippen LogP contribution in [0.15, 0.2) is 46.9 Å². The lowest BCUT2D eigenvalue weighted by Crippen LogP contribution is -2.40. The molecule has 1 fully saturated rings. The number of nitro groups is 1. The summed E-state index contributed by atoms with van der Waals surface area (Å²) in [6, 6.07) is 12.4. The van der Waals surface area contributed by atoms with E-state index in [2.05, 4.69) is 26.1 Å². The van der Waals surface area contributed by atoms with Gasteiger partial charge < -0.3 is 15.0 Å². The zero-order valence-corrected chi connectivity index (χ0v) is 17.1. The van der Waals surface area contributed by atoms with Crippen LogP contribution in [0.1, 0.15) is 18.4 Å². The summed E-state index contributed by atoms with van der Waals surface area (Å²) in [4.78, 5) is 25.1. The van der Waals surface area contributed by atoms with Gasteiger partial charge >= 0.3 is 0 Å². The van der Waals surface area contributed by atoms with Crippen LogP contribution in [0.3, 0.4) is 0 Å². The van der Waals surface area contributed by atoms with Crippen molar-refractivity contribution in [2.45, 2.75) is 19.4 Å². The Morgan fingerprint density at radius 1 is 1.25 bits per heavy atom. The third kappa shape index (κ3) is 4.81. The SMILES string of the molecule is COc1ccc(CNC(=O)C2CCN(c3ccc([N+](=O)[O-])cc3Br)CC2)cc1. The highest BCUT2D eigenvalue weighted by Crippen LogP contribution is 2.32.